The molecule has 2 amide bonds. The minimum Gasteiger partial charge on any atom is -0.481 e. The number of carbonyl (C=O) groups excluding carboxylic acids is 2. The first-order valence-corrected chi connectivity index (χ1v) is 8.70. The van der Waals surface area contributed by atoms with E-state index < -0.39 is 11.9 Å². The molecule has 25 heavy (non-hydrogen) atoms. The Morgan fingerprint density at radius 1 is 1.04 bits per heavy atom. The molecule has 1 N–H and O–H groups in total. The predicted molar refractivity (Wildman–Crippen MR) is 93.2 cm³/mol. The van der Waals surface area contributed by atoms with Crippen LogP contribution < -0.4 is 0 Å². The minimum atomic E-state index is -1.01. The summed E-state index contributed by atoms with van der Waals surface area (Å²) in [6.07, 6.45) is 3.06. The maximum absolute atomic E-state index is 12.6. The molecule has 0 radical (unpaired) electrons. The van der Waals surface area contributed by atoms with Gasteiger partial charge in [-0.25, -0.2) is 0 Å². The fourth-order valence-electron chi connectivity index (χ4n) is 4.18. The number of aliphatic carboxylic acids is 1. The molecule has 5 nitrogen and oxygen atoms in total. The van der Waals surface area contributed by atoms with Crippen LogP contribution in [0.3, 0.4) is 0 Å². The smallest absolute Gasteiger partial charge is 0.312 e. The number of carboxylic acid groups (broad SMARTS) is 1. The van der Waals surface area contributed by atoms with Crippen LogP contribution >= 0.6 is 0 Å². The van der Waals surface area contributed by atoms with Crippen LogP contribution in [0.5, 0.6) is 0 Å². The van der Waals surface area contributed by atoms with Crippen LogP contribution in [0.4, 0.5) is 0 Å². The van der Waals surface area contributed by atoms with E-state index in [1.54, 1.807) is 0 Å². The Morgan fingerprint density at radius 2 is 1.52 bits per heavy atom. The molecule has 0 saturated heterocycles. The Hall–Kier alpha value is -2.43. The van der Waals surface area contributed by atoms with Gasteiger partial charge in [-0.05, 0) is 63.1 Å². The van der Waals surface area contributed by atoms with Crippen molar-refractivity contribution in [1.29, 1.82) is 0 Å². The predicted octanol–water partition coefficient (Wildman–Crippen LogP) is 3.02. The zero-order valence-electron chi connectivity index (χ0n) is 14.9. The molecule has 1 aliphatic heterocycles. The molecule has 2 aliphatic rings. The molecule has 1 aromatic rings. The van der Waals surface area contributed by atoms with Crippen molar-refractivity contribution in [2.45, 2.75) is 52.4 Å². The van der Waals surface area contributed by atoms with Crippen molar-refractivity contribution in [3.63, 3.8) is 0 Å². The first-order valence-electron chi connectivity index (χ1n) is 8.70. The van der Waals surface area contributed by atoms with Gasteiger partial charge in [-0.15, -0.1) is 0 Å². The number of benzene rings is 1. The van der Waals surface area contributed by atoms with E-state index in [1.165, 1.54) is 0 Å². The van der Waals surface area contributed by atoms with Crippen molar-refractivity contribution >= 4 is 17.8 Å². The second kappa shape index (κ2) is 6.47. The average Bonchev–Trinajstić information content (AvgIpc) is 2.78. The summed E-state index contributed by atoms with van der Waals surface area (Å²) < 4.78 is 0. The highest BCUT2D eigenvalue weighted by Gasteiger charge is 2.41. The molecule has 0 aromatic heterocycles. The van der Waals surface area contributed by atoms with Gasteiger partial charge >= 0.3 is 5.97 Å². The van der Waals surface area contributed by atoms with E-state index in [9.17, 15) is 19.5 Å². The van der Waals surface area contributed by atoms with Crippen LogP contribution in [0.2, 0.25) is 0 Å². The molecule has 132 valence electrons. The number of hydrogen-bond donors (Lipinski definition) is 1. The summed E-state index contributed by atoms with van der Waals surface area (Å²) in [7, 11) is 0. The van der Waals surface area contributed by atoms with Gasteiger partial charge in [-0.3, -0.25) is 19.3 Å². The first kappa shape index (κ1) is 17.4. The van der Waals surface area contributed by atoms with Crippen molar-refractivity contribution in [2.75, 3.05) is 6.54 Å². The molecule has 0 saturated carbocycles. The molecule has 3 rings (SSSR count). The highest BCUT2D eigenvalue weighted by Crippen LogP contribution is 2.35. The molecule has 1 aliphatic carbocycles. The molecule has 0 spiro atoms. The van der Waals surface area contributed by atoms with E-state index >= 15 is 0 Å². The molecular formula is C20H23NO4. The summed E-state index contributed by atoms with van der Waals surface area (Å²) >= 11 is 0. The van der Waals surface area contributed by atoms with Gasteiger partial charge in [0.05, 0.1) is 0 Å². The maximum atomic E-state index is 12.6. The van der Waals surface area contributed by atoms with Crippen LogP contribution in [0.1, 0.15) is 53.9 Å². The lowest BCUT2D eigenvalue weighted by molar-refractivity contribution is -0.142. The van der Waals surface area contributed by atoms with E-state index in [4.69, 9.17) is 0 Å². The molecule has 5 heteroatoms. The summed E-state index contributed by atoms with van der Waals surface area (Å²) in [5.74, 6) is -2.52. The van der Waals surface area contributed by atoms with Gasteiger partial charge in [-0.1, -0.05) is 17.7 Å². The second-order valence-corrected chi connectivity index (χ2v) is 7.09. The lowest BCUT2D eigenvalue weighted by Crippen LogP contribution is -2.38. The van der Waals surface area contributed by atoms with Crippen molar-refractivity contribution in [2.24, 2.45) is 0 Å². The van der Waals surface area contributed by atoms with Gasteiger partial charge in [0, 0.05) is 17.7 Å². The molecule has 1 aromatic carbocycles. The number of carboxylic acids is 1. The normalized spacial score (nSPS) is 18.6. The van der Waals surface area contributed by atoms with Crippen LogP contribution in [-0.2, 0) is 14.4 Å². The fraction of sp³-hybridized carbons (Fsp3) is 0.450. The summed E-state index contributed by atoms with van der Waals surface area (Å²) in [5, 5.41) is 9.77. The Labute approximate surface area is 147 Å². The third kappa shape index (κ3) is 2.99. The summed E-state index contributed by atoms with van der Waals surface area (Å²) in [4.78, 5) is 38.3. The Bertz CT molecular complexity index is 755. The third-order valence-electron chi connectivity index (χ3n) is 5.22. The summed E-state index contributed by atoms with van der Waals surface area (Å²) in [6.45, 7) is 5.61. The minimum absolute atomic E-state index is 0.106. The van der Waals surface area contributed by atoms with E-state index in [-0.39, 0.29) is 18.4 Å². The number of rotatable bonds is 4. The van der Waals surface area contributed by atoms with Crippen molar-refractivity contribution < 1.29 is 19.5 Å². The fourth-order valence-corrected chi connectivity index (χ4v) is 4.18. The first-order chi connectivity index (χ1) is 11.8. The number of hydrogen-bond acceptors (Lipinski definition) is 3. The van der Waals surface area contributed by atoms with Crippen LogP contribution in [0, 0.1) is 20.8 Å². The SMILES string of the molecule is Cc1cc(C)c(C(CN2C(=O)C3=C(CCCC3)C2=O)C(=O)O)c(C)c1. The maximum Gasteiger partial charge on any atom is 0.312 e. The van der Waals surface area contributed by atoms with Crippen molar-refractivity contribution in [3.8, 4) is 0 Å². The van der Waals surface area contributed by atoms with Gasteiger partial charge in [0.15, 0.2) is 0 Å². The largest absolute Gasteiger partial charge is 0.481 e. The lowest BCUT2D eigenvalue weighted by Gasteiger charge is -2.23. The Morgan fingerprint density at radius 3 is 1.96 bits per heavy atom. The van der Waals surface area contributed by atoms with E-state index in [0.29, 0.717) is 29.6 Å². The highest BCUT2D eigenvalue weighted by atomic mass is 16.4. The summed E-state index contributed by atoms with van der Waals surface area (Å²) in [5.41, 5.74) is 4.70. The molecule has 0 bridgehead atoms. The van der Waals surface area contributed by atoms with E-state index in [1.807, 2.05) is 32.9 Å². The zero-order valence-corrected chi connectivity index (χ0v) is 14.9. The number of nitrogens with zero attached hydrogens (tertiary/aromatic N) is 1. The topological polar surface area (TPSA) is 74.7 Å². The van der Waals surface area contributed by atoms with E-state index in [2.05, 4.69) is 0 Å². The molecule has 0 fully saturated rings. The number of imide groups is 1. The van der Waals surface area contributed by atoms with Gasteiger partial charge in [0.1, 0.15) is 5.92 Å². The van der Waals surface area contributed by atoms with Crippen molar-refractivity contribution in [1.82, 2.24) is 4.90 Å². The molecule has 1 heterocycles. The Kier molecular flexibility index (Phi) is 4.50. The number of amides is 2. The third-order valence-corrected chi connectivity index (χ3v) is 5.22. The van der Waals surface area contributed by atoms with E-state index in [0.717, 1.165) is 34.4 Å². The lowest BCUT2D eigenvalue weighted by atomic mass is 9.89. The molecule has 1 unspecified atom stereocenters. The second-order valence-electron chi connectivity index (χ2n) is 7.09. The van der Waals surface area contributed by atoms with Gasteiger partial charge < -0.3 is 5.11 Å². The zero-order chi connectivity index (χ0) is 18.3. The quantitative estimate of drug-likeness (QED) is 0.854. The molecule has 1 atom stereocenters. The van der Waals surface area contributed by atoms with Gasteiger partial charge in [-0.2, -0.15) is 0 Å². The monoisotopic (exact) mass is 341 g/mol. The van der Waals surface area contributed by atoms with Crippen LogP contribution in [0.25, 0.3) is 0 Å². The van der Waals surface area contributed by atoms with Crippen molar-refractivity contribution in [3.05, 3.63) is 45.5 Å². The number of aryl methyl sites for hydroxylation is 3. The number of carbonyl (C=O) groups is 3. The van der Waals surface area contributed by atoms with Crippen LogP contribution in [0.15, 0.2) is 23.3 Å². The summed E-state index contributed by atoms with van der Waals surface area (Å²) in [6, 6.07) is 3.88. The van der Waals surface area contributed by atoms with Crippen LogP contribution in [-0.4, -0.2) is 34.3 Å². The average molecular weight is 341 g/mol. The van der Waals surface area contributed by atoms with Gasteiger partial charge in [0.25, 0.3) is 11.8 Å². The molecular weight excluding hydrogens is 318 g/mol. The standard InChI is InChI=1S/C20H23NO4/c1-11-8-12(2)17(13(3)9-11)16(20(24)25)10-21-18(22)14-6-4-5-7-15(14)19(21)23/h8-9,16H,4-7,10H2,1-3H3,(H,24,25). The Balaban J connectivity index is 1.94. The van der Waals surface area contributed by atoms with Gasteiger partial charge in [0.2, 0.25) is 0 Å². The highest BCUT2D eigenvalue weighted by molar-refractivity contribution is 6.19.